The van der Waals surface area contributed by atoms with Gasteiger partial charge in [-0.1, -0.05) is 32.9 Å². The van der Waals surface area contributed by atoms with E-state index in [1.54, 1.807) is 11.1 Å². The molecule has 0 aromatic carbocycles. The lowest BCUT2D eigenvalue weighted by Gasteiger charge is -2.41. The van der Waals surface area contributed by atoms with E-state index in [0.717, 1.165) is 0 Å². The largest absolute Gasteiger partial charge is 0.371 e. The van der Waals surface area contributed by atoms with Gasteiger partial charge in [-0.2, -0.15) is 0 Å². The van der Waals surface area contributed by atoms with Crippen molar-refractivity contribution in [2.24, 2.45) is 5.41 Å². The highest BCUT2D eigenvalue weighted by Gasteiger charge is 2.37. The number of hydrogen-bond donors (Lipinski definition) is 0. The molecule has 0 aromatic heterocycles. The van der Waals surface area contributed by atoms with E-state index in [4.69, 9.17) is 0 Å². The fourth-order valence-electron chi connectivity index (χ4n) is 3.86. The molecule has 2 aliphatic rings. The molecule has 0 N–H and O–H groups in total. The van der Waals surface area contributed by atoms with Crippen LogP contribution in [0.4, 0.5) is 0 Å². The molecule has 1 heterocycles. The standard InChI is InChI=1S/C16H27N/c1-5-13-9-7-11-16(3,4)15(13)14-10-8-12-17(14)6-2/h6,14H,2,5,7-12H2,1,3-4H3. The highest BCUT2D eigenvalue weighted by atomic mass is 15.2. The second kappa shape index (κ2) is 4.88. The van der Waals surface area contributed by atoms with Crippen molar-refractivity contribution in [2.75, 3.05) is 6.54 Å². The number of allylic oxidation sites excluding steroid dienone is 1. The van der Waals surface area contributed by atoms with Gasteiger partial charge in [0.25, 0.3) is 0 Å². The Kier molecular flexibility index (Phi) is 3.65. The van der Waals surface area contributed by atoms with Gasteiger partial charge in [-0.05, 0) is 55.7 Å². The third-order valence-electron chi connectivity index (χ3n) is 4.68. The Bertz CT molecular complexity index is 324. The van der Waals surface area contributed by atoms with E-state index in [-0.39, 0.29) is 0 Å². The lowest BCUT2D eigenvalue weighted by molar-refractivity contribution is 0.281. The minimum Gasteiger partial charge on any atom is -0.371 e. The van der Waals surface area contributed by atoms with Gasteiger partial charge in [-0.3, -0.25) is 0 Å². The van der Waals surface area contributed by atoms with Crippen LogP contribution < -0.4 is 0 Å². The van der Waals surface area contributed by atoms with Crippen LogP contribution in [0.1, 0.15) is 59.3 Å². The van der Waals surface area contributed by atoms with Gasteiger partial charge in [0.1, 0.15) is 0 Å². The van der Waals surface area contributed by atoms with Crippen molar-refractivity contribution >= 4 is 0 Å². The van der Waals surface area contributed by atoms with Crippen molar-refractivity contribution < 1.29 is 0 Å². The van der Waals surface area contributed by atoms with E-state index < -0.39 is 0 Å². The average molecular weight is 233 g/mol. The van der Waals surface area contributed by atoms with Crippen LogP contribution in [0.25, 0.3) is 0 Å². The van der Waals surface area contributed by atoms with E-state index in [1.807, 2.05) is 0 Å². The van der Waals surface area contributed by atoms with Gasteiger partial charge in [0.05, 0.1) is 6.04 Å². The fourth-order valence-corrected chi connectivity index (χ4v) is 3.86. The maximum atomic E-state index is 3.99. The molecule has 1 heteroatoms. The molecule has 1 aliphatic heterocycles. The third-order valence-corrected chi connectivity index (χ3v) is 4.68. The molecule has 1 nitrogen and oxygen atoms in total. The summed E-state index contributed by atoms with van der Waals surface area (Å²) in [5, 5.41) is 0. The average Bonchev–Trinajstić information content (AvgIpc) is 2.75. The summed E-state index contributed by atoms with van der Waals surface area (Å²) in [4.78, 5) is 2.47. The van der Waals surface area contributed by atoms with Crippen molar-refractivity contribution in [1.29, 1.82) is 0 Å². The van der Waals surface area contributed by atoms with Crippen LogP contribution in [-0.2, 0) is 0 Å². The maximum absolute atomic E-state index is 3.99. The first-order valence-corrected chi connectivity index (χ1v) is 7.21. The summed E-state index contributed by atoms with van der Waals surface area (Å²) in [6.07, 6.45) is 10.0. The van der Waals surface area contributed by atoms with E-state index in [9.17, 15) is 0 Å². The first-order valence-electron chi connectivity index (χ1n) is 7.21. The Morgan fingerprint density at radius 1 is 1.41 bits per heavy atom. The van der Waals surface area contributed by atoms with Gasteiger partial charge in [-0.15, -0.1) is 0 Å². The SMILES string of the molecule is C=CN1CCCC1C1=C(CC)CCCC1(C)C. The summed E-state index contributed by atoms with van der Waals surface area (Å²) in [6, 6.07) is 0.651. The number of likely N-dealkylation sites (tertiary alicyclic amines) is 1. The van der Waals surface area contributed by atoms with Crippen LogP contribution in [0, 0.1) is 5.41 Å². The Morgan fingerprint density at radius 3 is 2.82 bits per heavy atom. The van der Waals surface area contributed by atoms with Crippen LogP contribution in [-0.4, -0.2) is 17.5 Å². The topological polar surface area (TPSA) is 3.24 Å². The van der Waals surface area contributed by atoms with Gasteiger partial charge in [0.15, 0.2) is 0 Å². The fraction of sp³-hybridized carbons (Fsp3) is 0.750. The smallest absolute Gasteiger partial charge is 0.0505 e. The molecule has 0 spiro atoms. The Labute approximate surface area is 107 Å². The summed E-state index contributed by atoms with van der Waals surface area (Å²) < 4.78 is 0. The third kappa shape index (κ3) is 2.29. The molecule has 1 atom stereocenters. The molecule has 2 rings (SSSR count). The Balaban J connectivity index is 2.37. The molecule has 0 aromatic rings. The molecule has 0 radical (unpaired) electrons. The minimum atomic E-state index is 0.403. The van der Waals surface area contributed by atoms with Gasteiger partial charge in [0.2, 0.25) is 0 Å². The molecule has 96 valence electrons. The van der Waals surface area contributed by atoms with E-state index in [2.05, 4.69) is 38.5 Å². The van der Waals surface area contributed by atoms with Crippen molar-refractivity contribution in [1.82, 2.24) is 4.90 Å². The van der Waals surface area contributed by atoms with Gasteiger partial charge in [0, 0.05) is 6.54 Å². The van der Waals surface area contributed by atoms with Crippen LogP contribution >= 0.6 is 0 Å². The monoisotopic (exact) mass is 233 g/mol. The van der Waals surface area contributed by atoms with Crippen LogP contribution in [0.15, 0.2) is 23.9 Å². The van der Waals surface area contributed by atoms with Crippen LogP contribution in [0.3, 0.4) is 0 Å². The van der Waals surface area contributed by atoms with Crippen molar-refractivity contribution in [3.63, 3.8) is 0 Å². The zero-order valence-electron chi connectivity index (χ0n) is 11.8. The Morgan fingerprint density at radius 2 is 2.18 bits per heavy atom. The van der Waals surface area contributed by atoms with Crippen molar-refractivity contribution in [2.45, 2.75) is 65.3 Å². The first-order chi connectivity index (χ1) is 8.10. The zero-order chi connectivity index (χ0) is 12.5. The van der Waals surface area contributed by atoms with Crippen molar-refractivity contribution in [3.05, 3.63) is 23.9 Å². The minimum absolute atomic E-state index is 0.403. The summed E-state index contributed by atoms with van der Waals surface area (Å²) in [5.74, 6) is 0. The van der Waals surface area contributed by atoms with E-state index in [0.29, 0.717) is 11.5 Å². The number of rotatable bonds is 3. The molecular weight excluding hydrogens is 206 g/mol. The predicted octanol–water partition coefficient (Wildman–Crippen LogP) is 4.51. The molecule has 17 heavy (non-hydrogen) atoms. The van der Waals surface area contributed by atoms with Crippen LogP contribution in [0.2, 0.25) is 0 Å². The highest BCUT2D eigenvalue weighted by molar-refractivity contribution is 5.30. The molecular formula is C16H27N. The molecule has 0 bridgehead atoms. The first kappa shape index (κ1) is 12.7. The number of hydrogen-bond acceptors (Lipinski definition) is 1. The summed E-state index contributed by atoms with van der Waals surface area (Å²) in [7, 11) is 0. The Hall–Kier alpha value is -0.720. The second-order valence-electron chi connectivity index (χ2n) is 6.19. The van der Waals surface area contributed by atoms with E-state index in [1.165, 1.54) is 45.1 Å². The van der Waals surface area contributed by atoms with Gasteiger partial charge >= 0.3 is 0 Å². The molecule has 1 saturated heterocycles. The summed E-state index contributed by atoms with van der Waals surface area (Å²) in [6.45, 7) is 12.4. The summed E-state index contributed by atoms with van der Waals surface area (Å²) in [5.41, 5.74) is 3.89. The zero-order valence-corrected chi connectivity index (χ0v) is 11.8. The lowest BCUT2D eigenvalue weighted by Crippen LogP contribution is -2.35. The van der Waals surface area contributed by atoms with Crippen LogP contribution in [0.5, 0.6) is 0 Å². The lowest BCUT2D eigenvalue weighted by atomic mass is 9.69. The normalized spacial score (nSPS) is 28.6. The molecule has 0 saturated carbocycles. The molecule has 1 fully saturated rings. The predicted molar refractivity (Wildman–Crippen MR) is 74.9 cm³/mol. The molecule has 0 amide bonds. The quantitative estimate of drug-likeness (QED) is 0.648. The second-order valence-corrected chi connectivity index (χ2v) is 6.19. The van der Waals surface area contributed by atoms with E-state index >= 15 is 0 Å². The summed E-state index contributed by atoms with van der Waals surface area (Å²) >= 11 is 0. The molecule has 1 aliphatic carbocycles. The number of nitrogens with zero attached hydrogens (tertiary/aromatic N) is 1. The van der Waals surface area contributed by atoms with Crippen molar-refractivity contribution in [3.8, 4) is 0 Å². The van der Waals surface area contributed by atoms with Gasteiger partial charge < -0.3 is 4.90 Å². The highest BCUT2D eigenvalue weighted by Crippen LogP contribution is 2.46. The molecule has 1 unspecified atom stereocenters. The van der Waals surface area contributed by atoms with Gasteiger partial charge in [-0.25, -0.2) is 0 Å². The maximum Gasteiger partial charge on any atom is 0.0505 e.